The summed E-state index contributed by atoms with van der Waals surface area (Å²) in [5.41, 5.74) is 2.65. The fraction of sp³-hybridized carbons (Fsp3) is 0. The van der Waals surface area contributed by atoms with E-state index in [9.17, 15) is 4.79 Å². The van der Waals surface area contributed by atoms with Gasteiger partial charge in [0.15, 0.2) is 5.76 Å². The number of aromatic nitrogens is 1. The summed E-state index contributed by atoms with van der Waals surface area (Å²) in [6.07, 6.45) is 1.67. The molecule has 0 fully saturated rings. The standard InChI is InChI=1S/C28H19BrN2O3/c29-20-12-10-19(11-13-20)26-18-30-28(34-26)25-9-5-4-8-24(25)27(32)31-21-14-16-23(17-15-21)33-22-6-2-1-3-7-22/h1-18H,(H,31,32). The molecule has 6 heteroatoms. The van der Waals surface area contributed by atoms with Crippen molar-refractivity contribution < 1.29 is 13.9 Å². The summed E-state index contributed by atoms with van der Waals surface area (Å²) in [6, 6.07) is 31.8. The fourth-order valence-corrected chi connectivity index (χ4v) is 3.71. The number of rotatable bonds is 6. The van der Waals surface area contributed by atoms with Crippen molar-refractivity contribution in [3.63, 3.8) is 0 Å². The Morgan fingerprint density at radius 2 is 1.47 bits per heavy atom. The number of ether oxygens (including phenoxy) is 1. The number of carbonyl (C=O) groups excluding carboxylic acids is 1. The van der Waals surface area contributed by atoms with Crippen molar-refractivity contribution in [2.45, 2.75) is 0 Å². The van der Waals surface area contributed by atoms with E-state index < -0.39 is 0 Å². The highest BCUT2D eigenvalue weighted by molar-refractivity contribution is 9.10. The average molecular weight is 511 g/mol. The first-order valence-electron chi connectivity index (χ1n) is 10.6. The molecule has 0 saturated carbocycles. The van der Waals surface area contributed by atoms with Crippen LogP contribution in [0, 0.1) is 0 Å². The first kappa shape index (κ1) is 21.7. The average Bonchev–Trinajstić information content (AvgIpc) is 3.36. The SMILES string of the molecule is O=C(Nc1ccc(Oc2ccccc2)cc1)c1ccccc1-c1ncc(-c2ccc(Br)cc2)o1. The maximum absolute atomic E-state index is 13.1. The molecule has 1 aromatic heterocycles. The highest BCUT2D eigenvalue weighted by Gasteiger charge is 2.17. The zero-order valence-electron chi connectivity index (χ0n) is 17.9. The molecule has 0 spiro atoms. The molecule has 0 atom stereocenters. The molecule has 1 amide bonds. The second-order valence-electron chi connectivity index (χ2n) is 7.48. The van der Waals surface area contributed by atoms with Gasteiger partial charge in [0.25, 0.3) is 5.91 Å². The Labute approximate surface area is 205 Å². The quantitative estimate of drug-likeness (QED) is 0.253. The summed E-state index contributed by atoms with van der Waals surface area (Å²) >= 11 is 3.43. The number of amides is 1. The van der Waals surface area contributed by atoms with Crippen LogP contribution in [0.4, 0.5) is 5.69 Å². The number of carbonyl (C=O) groups is 1. The first-order chi connectivity index (χ1) is 16.7. The molecule has 5 aromatic rings. The second-order valence-corrected chi connectivity index (χ2v) is 8.39. The third-order valence-electron chi connectivity index (χ3n) is 5.13. The van der Waals surface area contributed by atoms with E-state index in [4.69, 9.17) is 9.15 Å². The summed E-state index contributed by atoms with van der Waals surface area (Å²) in [5, 5.41) is 2.94. The van der Waals surface area contributed by atoms with Crippen molar-refractivity contribution in [1.82, 2.24) is 4.98 Å². The van der Waals surface area contributed by atoms with Gasteiger partial charge in [-0.05, 0) is 60.7 Å². The Hall–Kier alpha value is -4.16. The largest absolute Gasteiger partial charge is 0.457 e. The zero-order valence-corrected chi connectivity index (χ0v) is 19.5. The van der Waals surface area contributed by atoms with Gasteiger partial charge in [0.2, 0.25) is 5.89 Å². The maximum atomic E-state index is 13.1. The van der Waals surface area contributed by atoms with Crippen molar-refractivity contribution in [1.29, 1.82) is 0 Å². The number of benzene rings is 4. The van der Waals surface area contributed by atoms with E-state index in [2.05, 4.69) is 26.2 Å². The van der Waals surface area contributed by atoms with Crippen LogP contribution in [-0.4, -0.2) is 10.9 Å². The molecule has 5 nitrogen and oxygen atoms in total. The van der Waals surface area contributed by atoms with Gasteiger partial charge in [-0.15, -0.1) is 0 Å². The van der Waals surface area contributed by atoms with Gasteiger partial charge in [-0.2, -0.15) is 0 Å². The molecule has 0 radical (unpaired) electrons. The molecular weight excluding hydrogens is 492 g/mol. The Morgan fingerprint density at radius 3 is 2.24 bits per heavy atom. The van der Waals surface area contributed by atoms with Crippen LogP contribution in [0.2, 0.25) is 0 Å². The lowest BCUT2D eigenvalue weighted by molar-refractivity contribution is 0.102. The Bertz CT molecular complexity index is 1410. The van der Waals surface area contributed by atoms with Crippen LogP contribution < -0.4 is 10.1 Å². The Kier molecular flexibility index (Phi) is 6.23. The maximum Gasteiger partial charge on any atom is 0.256 e. The number of nitrogens with one attached hydrogen (secondary N) is 1. The molecule has 5 rings (SSSR count). The van der Waals surface area contributed by atoms with E-state index in [1.807, 2.05) is 84.9 Å². The number of nitrogens with zero attached hydrogens (tertiary/aromatic N) is 1. The van der Waals surface area contributed by atoms with Crippen LogP contribution in [0.5, 0.6) is 11.5 Å². The van der Waals surface area contributed by atoms with Crippen molar-refractivity contribution in [3.05, 3.63) is 119 Å². The van der Waals surface area contributed by atoms with Crippen LogP contribution in [0.15, 0.2) is 118 Å². The number of hydrogen-bond donors (Lipinski definition) is 1. The molecule has 1 N–H and O–H groups in total. The van der Waals surface area contributed by atoms with Crippen LogP contribution >= 0.6 is 15.9 Å². The molecule has 0 aliphatic heterocycles. The van der Waals surface area contributed by atoms with E-state index in [1.165, 1.54) is 0 Å². The topological polar surface area (TPSA) is 64.4 Å². The molecule has 0 saturated heterocycles. The summed E-state index contributed by atoms with van der Waals surface area (Å²) in [7, 11) is 0. The molecule has 0 aliphatic rings. The van der Waals surface area contributed by atoms with E-state index in [-0.39, 0.29) is 5.91 Å². The highest BCUT2D eigenvalue weighted by atomic mass is 79.9. The predicted molar refractivity (Wildman–Crippen MR) is 136 cm³/mol. The minimum atomic E-state index is -0.254. The van der Waals surface area contributed by atoms with Gasteiger partial charge in [0, 0.05) is 21.3 Å². The molecule has 34 heavy (non-hydrogen) atoms. The molecular formula is C28H19BrN2O3. The highest BCUT2D eigenvalue weighted by Crippen LogP contribution is 2.30. The molecule has 0 bridgehead atoms. The third-order valence-corrected chi connectivity index (χ3v) is 5.66. The lowest BCUT2D eigenvalue weighted by atomic mass is 10.1. The van der Waals surface area contributed by atoms with Gasteiger partial charge in [-0.25, -0.2) is 4.98 Å². The van der Waals surface area contributed by atoms with Gasteiger partial charge in [0.05, 0.1) is 11.8 Å². The normalized spacial score (nSPS) is 10.6. The van der Waals surface area contributed by atoms with Gasteiger partial charge in [-0.3, -0.25) is 4.79 Å². The van der Waals surface area contributed by atoms with E-state index in [0.29, 0.717) is 34.2 Å². The number of hydrogen-bond acceptors (Lipinski definition) is 4. The van der Waals surface area contributed by atoms with Crippen molar-refractivity contribution >= 4 is 27.5 Å². The van der Waals surface area contributed by atoms with E-state index in [1.54, 1.807) is 24.4 Å². The fourth-order valence-electron chi connectivity index (χ4n) is 3.44. The zero-order chi connectivity index (χ0) is 23.3. The Balaban J connectivity index is 1.33. The first-order valence-corrected chi connectivity index (χ1v) is 11.4. The summed E-state index contributed by atoms with van der Waals surface area (Å²) < 4.78 is 12.8. The van der Waals surface area contributed by atoms with Gasteiger partial charge < -0.3 is 14.5 Å². The number of halogens is 1. The van der Waals surface area contributed by atoms with Crippen molar-refractivity contribution in [2.24, 2.45) is 0 Å². The summed E-state index contributed by atoms with van der Waals surface area (Å²) in [6.45, 7) is 0. The minimum Gasteiger partial charge on any atom is -0.457 e. The third kappa shape index (κ3) is 4.92. The monoisotopic (exact) mass is 510 g/mol. The van der Waals surface area contributed by atoms with E-state index >= 15 is 0 Å². The number of para-hydroxylation sites is 1. The molecule has 166 valence electrons. The lowest BCUT2D eigenvalue weighted by Crippen LogP contribution is -2.13. The van der Waals surface area contributed by atoms with Crippen molar-refractivity contribution in [2.75, 3.05) is 5.32 Å². The van der Waals surface area contributed by atoms with E-state index in [0.717, 1.165) is 15.8 Å². The lowest BCUT2D eigenvalue weighted by Gasteiger charge is -2.10. The number of oxazole rings is 1. The molecule has 0 unspecified atom stereocenters. The summed E-state index contributed by atoms with van der Waals surface area (Å²) in [5.74, 6) is 2.20. The Morgan fingerprint density at radius 1 is 0.794 bits per heavy atom. The van der Waals surface area contributed by atoms with Gasteiger partial charge >= 0.3 is 0 Å². The number of anilines is 1. The summed E-state index contributed by atoms with van der Waals surface area (Å²) in [4.78, 5) is 17.5. The smallest absolute Gasteiger partial charge is 0.256 e. The van der Waals surface area contributed by atoms with Crippen LogP contribution in [0.3, 0.4) is 0 Å². The molecule has 4 aromatic carbocycles. The van der Waals surface area contributed by atoms with Crippen LogP contribution in [0.25, 0.3) is 22.8 Å². The second kappa shape index (κ2) is 9.77. The van der Waals surface area contributed by atoms with Gasteiger partial charge in [0.1, 0.15) is 11.5 Å². The van der Waals surface area contributed by atoms with Crippen LogP contribution in [-0.2, 0) is 0 Å². The molecule has 0 aliphatic carbocycles. The van der Waals surface area contributed by atoms with Crippen molar-refractivity contribution in [3.8, 4) is 34.3 Å². The molecule has 1 heterocycles. The van der Waals surface area contributed by atoms with Crippen LogP contribution in [0.1, 0.15) is 10.4 Å². The predicted octanol–water partition coefficient (Wildman–Crippen LogP) is 7.82. The van der Waals surface area contributed by atoms with Gasteiger partial charge in [-0.1, -0.05) is 58.4 Å². The minimum absolute atomic E-state index is 0.254.